The highest BCUT2D eigenvalue weighted by Crippen LogP contribution is 2.29. The molecule has 0 aromatic heterocycles. The molecular formula is C14H17F3N2O2. The monoisotopic (exact) mass is 302 g/mol. The molecule has 0 spiro atoms. The van der Waals surface area contributed by atoms with Gasteiger partial charge in [-0.1, -0.05) is 0 Å². The molecule has 1 amide bonds. The number of carbonyl (C=O) groups excluding carboxylic acids is 1. The molecule has 0 saturated carbocycles. The number of ether oxygens (including phenoxy) is 1. The second-order valence-corrected chi connectivity index (χ2v) is 4.88. The summed E-state index contributed by atoms with van der Waals surface area (Å²) in [5.41, 5.74) is -0.423. The maximum atomic E-state index is 12.4. The highest BCUT2D eigenvalue weighted by atomic mass is 19.4. The minimum absolute atomic E-state index is 0.0598. The minimum Gasteiger partial charge on any atom is -0.368 e. The molecule has 21 heavy (non-hydrogen) atoms. The van der Waals surface area contributed by atoms with Crippen molar-refractivity contribution in [3.05, 3.63) is 29.8 Å². The molecule has 116 valence electrons. The summed E-state index contributed by atoms with van der Waals surface area (Å²) in [5, 5.41) is 5.70. The first-order valence-electron chi connectivity index (χ1n) is 6.74. The number of anilines is 1. The molecule has 1 aliphatic rings. The molecule has 4 nitrogen and oxygen atoms in total. The first-order valence-corrected chi connectivity index (χ1v) is 6.74. The van der Waals surface area contributed by atoms with Crippen LogP contribution in [0.4, 0.5) is 18.9 Å². The van der Waals surface area contributed by atoms with E-state index in [1.807, 2.05) is 0 Å². The molecule has 7 heteroatoms. The van der Waals surface area contributed by atoms with E-state index in [0.29, 0.717) is 5.69 Å². The summed E-state index contributed by atoms with van der Waals surface area (Å²) in [6.45, 7) is 1.64. The summed E-state index contributed by atoms with van der Waals surface area (Å²) in [7, 11) is 0. The minimum atomic E-state index is -4.37. The van der Waals surface area contributed by atoms with Crippen LogP contribution in [0.15, 0.2) is 24.3 Å². The second-order valence-electron chi connectivity index (χ2n) is 4.88. The van der Waals surface area contributed by atoms with E-state index in [0.717, 1.165) is 38.1 Å². The SMILES string of the molecule is O=C(COC1CCNCC1)Nc1ccc(C(F)(F)F)cc1. The van der Waals surface area contributed by atoms with Gasteiger partial charge in [0.25, 0.3) is 0 Å². The van der Waals surface area contributed by atoms with Crippen molar-refractivity contribution in [2.45, 2.75) is 25.1 Å². The van der Waals surface area contributed by atoms with Gasteiger partial charge in [-0.15, -0.1) is 0 Å². The summed E-state index contributed by atoms with van der Waals surface area (Å²) in [6.07, 6.45) is -2.61. The lowest BCUT2D eigenvalue weighted by Gasteiger charge is -2.22. The highest BCUT2D eigenvalue weighted by Gasteiger charge is 2.30. The van der Waals surface area contributed by atoms with Gasteiger partial charge in [0, 0.05) is 5.69 Å². The van der Waals surface area contributed by atoms with E-state index in [4.69, 9.17) is 4.74 Å². The molecule has 1 fully saturated rings. The van der Waals surface area contributed by atoms with Crippen molar-refractivity contribution in [1.82, 2.24) is 5.32 Å². The first kappa shape index (κ1) is 15.8. The Bertz CT molecular complexity index is 468. The Labute approximate surface area is 120 Å². The van der Waals surface area contributed by atoms with Crippen LogP contribution in [0.5, 0.6) is 0 Å². The lowest BCUT2D eigenvalue weighted by atomic mass is 10.1. The lowest BCUT2D eigenvalue weighted by Crippen LogP contribution is -2.34. The normalized spacial score (nSPS) is 16.7. The number of benzene rings is 1. The summed E-state index contributed by atoms with van der Waals surface area (Å²) in [5.74, 6) is -0.367. The highest BCUT2D eigenvalue weighted by molar-refractivity contribution is 5.91. The molecule has 1 aliphatic heterocycles. The number of nitrogens with one attached hydrogen (secondary N) is 2. The largest absolute Gasteiger partial charge is 0.416 e. The van der Waals surface area contributed by atoms with Gasteiger partial charge in [-0.25, -0.2) is 0 Å². The van der Waals surface area contributed by atoms with Gasteiger partial charge in [0.1, 0.15) is 6.61 Å². The van der Waals surface area contributed by atoms with Crippen LogP contribution in [0.3, 0.4) is 0 Å². The molecule has 1 heterocycles. The van der Waals surface area contributed by atoms with Crippen molar-refractivity contribution in [1.29, 1.82) is 0 Å². The molecule has 1 aromatic rings. The molecule has 0 aliphatic carbocycles. The average Bonchev–Trinajstić information content (AvgIpc) is 2.46. The van der Waals surface area contributed by atoms with E-state index >= 15 is 0 Å². The second kappa shape index (κ2) is 6.91. The Kier molecular flexibility index (Phi) is 5.19. The zero-order valence-corrected chi connectivity index (χ0v) is 11.4. The molecule has 2 N–H and O–H groups in total. The molecule has 2 rings (SSSR count). The molecule has 0 atom stereocenters. The van der Waals surface area contributed by atoms with Gasteiger partial charge in [-0.3, -0.25) is 4.79 Å². The number of carbonyl (C=O) groups is 1. The quantitative estimate of drug-likeness (QED) is 0.898. The summed E-state index contributed by atoms with van der Waals surface area (Å²) in [4.78, 5) is 11.7. The third kappa shape index (κ3) is 5.02. The number of halogens is 3. The maximum Gasteiger partial charge on any atom is 0.416 e. The maximum absolute atomic E-state index is 12.4. The van der Waals surface area contributed by atoms with E-state index < -0.39 is 11.7 Å². The van der Waals surface area contributed by atoms with Gasteiger partial charge in [-0.2, -0.15) is 13.2 Å². The van der Waals surface area contributed by atoms with Crippen LogP contribution in [-0.4, -0.2) is 31.7 Å². The van der Waals surface area contributed by atoms with E-state index in [9.17, 15) is 18.0 Å². The molecule has 0 radical (unpaired) electrons. The molecule has 0 unspecified atom stereocenters. The summed E-state index contributed by atoms with van der Waals surface area (Å²) >= 11 is 0. The van der Waals surface area contributed by atoms with Crippen LogP contribution in [0.1, 0.15) is 18.4 Å². The number of hydrogen-bond donors (Lipinski definition) is 2. The number of amides is 1. The summed E-state index contributed by atoms with van der Waals surface area (Å²) < 4.78 is 42.7. The number of piperidine rings is 1. The van der Waals surface area contributed by atoms with Crippen LogP contribution >= 0.6 is 0 Å². The first-order chi connectivity index (χ1) is 9.95. The smallest absolute Gasteiger partial charge is 0.368 e. The average molecular weight is 302 g/mol. The van der Waals surface area contributed by atoms with Gasteiger partial charge in [0.15, 0.2) is 0 Å². The van der Waals surface area contributed by atoms with E-state index in [1.165, 1.54) is 12.1 Å². The number of alkyl halides is 3. The zero-order valence-electron chi connectivity index (χ0n) is 11.4. The van der Waals surface area contributed by atoms with Gasteiger partial charge in [-0.05, 0) is 50.2 Å². The predicted molar refractivity (Wildman–Crippen MR) is 71.9 cm³/mol. The van der Waals surface area contributed by atoms with Gasteiger partial charge >= 0.3 is 6.18 Å². The Morgan fingerprint density at radius 2 is 1.86 bits per heavy atom. The fraction of sp³-hybridized carbons (Fsp3) is 0.500. The van der Waals surface area contributed by atoms with Gasteiger partial charge < -0.3 is 15.4 Å². The van der Waals surface area contributed by atoms with Crippen LogP contribution in [-0.2, 0) is 15.7 Å². The fourth-order valence-electron chi connectivity index (χ4n) is 2.10. The Morgan fingerprint density at radius 1 is 1.24 bits per heavy atom. The van der Waals surface area contributed by atoms with Crippen LogP contribution in [0.2, 0.25) is 0 Å². The lowest BCUT2D eigenvalue weighted by molar-refractivity contribution is -0.137. The third-order valence-electron chi connectivity index (χ3n) is 3.23. The van der Waals surface area contributed by atoms with Gasteiger partial charge in [0.05, 0.1) is 11.7 Å². The van der Waals surface area contributed by atoms with Crippen LogP contribution in [0, 0.1) is 0 Å². The predicted octanol–water partition coefficient (Wildman–Crippen LogP) is 2.41. The van der Waals surface area contributed by atoms with Crippen molar-refractivity contribution >= 4 is 11.6 Å². The fourth-order valence-corrected chi connectivity index (χ4v) is 2.10. The molecule has 1 saturated heterocycles. The standard InChI is InChI=1S/C14H17F3N2O2/c15-14(16,17)10-1-3-11(4-2-10)19-13(20)9-21-12-5-7-18-8-6-12/h1-4,12,18H,5-9H2,(H,19,20). The van der Waals surface area contributed by atoms with Crippen molar-refractivity contribution in [3.8, 4) is 0 Å². The molecular weight excluding hydrogens is 285 g/mol. The van der Waals surface area contributed by atoms with Crippen molar-refractivity contribution < 1.29 is 22.7 Å². The molecule has 1 aromatic carbocycles. The van der Waals surface area contributed by atoms with Crippen molar-refractivity contribution in [2.75, 3.05) is 25.0 Å². The molecule has 0 bridgehead atoms. The van der Waals surface area contributed by atoms with E-state index in [-0.39, 0.29) is 18.6 Å². The number of hydrogen-bond acceptors (Lipinski definition) is 3. The van der Waals surface area contributed by atoms with E-state index in [2.05, 4.69) is 10.6 Å². The number of rotatable bonds is 4. The van der Waals surface area contributed by atoms with Crippen molar-refractivity contribution in [3.63, 3.8) is 0 Å². The Hall–Kier alpha value is -1.60. The van der Waals surface area contributed by atoms with Crippen LogP contribution in [0.25, 0.3) is 0 Å². The van der Waals surface area contributed by atoms with Crippen molar-refractivity contribution in [2.24, 2.45) is 0 Å². The van der Waals surface area contributed by atoms with Crippen LogP contribution < -0.4 is 10.6 Å². The topological polar surface area (TPSA) is 50.4 Å². The van der Waals surface area contributed by atoms with Gasteiger partial charge in [0.2, 0.25) is 5.91 Å². The Morgan fingerprint density at radius 3 is 2.43 bits per heavy atom. The zero-order chi connectivity index (χ0) is 15.3. The van der Waals surface area contributed by atoms with E-state index in [1.54, 1.807) is 0 Å². The third-order valence-corrected chi connectivity index (χ3v) is 3.23. The summed E-state index contributed by atoms with van der Waals surface area (Å²) in [6, 6.07) is 4.32. The Balaban J connectivity index is 1.79.